The SMILES string of the molecule is Cc1cc(S(=O)(=O)N2CCN(C(=O)C3CCCO3)CC2)ccc1Br. The lowest BCUT2D eigenvalue weighted by Gasteiger charge is -2.35. The van der Waals surface area contributed by atoms with Crippen LogP contribution in [0.4, 0.5) is 0 Å². The first-order valence-electron chi connectivity index (χ1n) is 8.06. The molecule has 2 saturated heterocycles. The summed E-state index contributed by atoms with van der Waals surface area (Å²) >= 11 is 3.38. The number of amides is 1. The number of hydrogen-bond donors (Lipinski definition) is 0. The minimum absolute atomic E-state index is 0.0102. The van der Waals surface area contributed by atoms with Crippen LogP contribution in [0.5, 0.6) is 0 Å². The number of rotatable bonds is 3. The van der Waals surface area contributed by atoms with Crippen LogP contribution in [0.3, 0.4) is 0 Å². The maximum absolute atomic E-state index is 12.8. The van der Waals surface area contributed by atoms with E-state index < -0.39 is 10.0 Å². The Balaban J connectivity index is 1.67. The van der Waals surface area contributed by atoms with E-state index in [1.54, 1.807) is 23.1 Å². The molecule has 132 valence electrons. The van der Waals surface area contributed by atoms with E-state index in [9.17, 15) is 13.2 Å². The molecule has 2 heterocycles. The van der Waals surface area contributed by atoms with Crippen molar-refractivity contribution in [3.63, 3.8) is 0 Å². The summed E-state index contributed by atoms with van der Waals surface area (Å²) < 4.78 is 33.3. The molecule has 2 aliphatic heterocycles. The second-order valence-corrected chi connectivity index (χ2v) is 8.93. The maximum Gasteiger partial charge on any atom is 0.251 e. The lowest BCUT2D eigenvalue weighted by atomic mass is 10.2. The van der Waals surface area contributed by atoms with Crippen LogP contribution in [0.25, 0.3) is 0 Å². The molecule has 0 bridgehead atoms. The molecule has 3 rings (SSSR count). The molecule has 1 atom stereocenters. The van der Waals surface area contributed by atoms with Crippen LogP contribution < -0.4 is 0 Å². The maximum atomic E-state index is 12.8. The van der Waals surface area contributed by atoms with Gasteiger partial charge in [0.25, 0.3) is 5.91 Å². The average Bonchev–Trinajstić information content (AvgIpc) is 3.11. The number of benzene rings is 1. The monoisotopic (exact) mass is 416 g/mol. The van der Waals surface area contributed by atoms with Gasteiger partial charge in [0, 0.05) is 37.3 Å². The quantitative estimate of drug-likeness (QED) is 0.752. The van der Waals surface area contributed by atoms with Crippen molar-refractivity contribution in [1.29, 1.82) is 0 Å². The summed E-state index contributed by atoms with van der Waals surface area (Å²) in [6.45, 7) is 3.95. The molecule has 1 amide bonds. The Morgan fingerprint density at radius 2 is 1.96 bits per heavy atom. The van der Waals surface area contributed by atoms with Crippen molar-refractivity contribution in [2.24, 2.45) is 0 Å². The van der Waals surface area contributed by atoms with E-state index >= 15 is 0 Å². The second kappa shape index (κ2) is 7.11. The Hall–Kier alpha value is -0.960. The molecule has 0 N–H and O–H groups in total. The molecule has 2 aliphatic rings. The lowest BCUT2D eigenvalue weighted by Crippen LogP contribution is -2.52. The Morgan fingerprint density at radius 1 is 1.25 bits per heavy atom. The fourth-order valence-electron chi connectivity index (χ4n) is 3.05. The first kappa shape index (κ1) is 17.8. The number of carbonyl (C=O) groups is 1. The van der Waals surface area contributed by atoms with Gasteiger partial charge in [0.1, 0.15) is 6.10 Å². The molecule has 8 heteroatoms. The Kier molecular flexibility index (Phi) is 5.29. The largest absolute Gasteiger partial charge is 0.368 e. The number of aryl methyl sites for hydroxylation is 1. The molecule has 1 aromatic carbocycles. The second-order valence-electron chi connectivity index (χ2n) is 6.14. The third kappa shape index (κ3) is 3.51. The van der Waals surface area contributed by atoms with Crippen molar-refractivity contribution in [3.8, 4) is 0 Å². The van der Waals surface area contributed by atoms with Crippen molar-refractivity contribution >= 4 is 31.9 Å². The normalized spacial score (nSPS) is 22.8. The van der Waals surface area contributed by atoms with Crippen LogP contribution in [0.2, 0.25) is 0 Å². The number of hydrogen-bond acceptors (Lipinski definition) is 4. The van der Waals surface area contributed by atoms with E-state index in [2.05, 4.69) is 15.9 Å². The number of piperazine rings is 1. The molecule has 6 nitrogen and oxygen atoms in total. The molecule has 24 heavy (non-hydrogen) atoms. The number of nitrogens with zero attached hydrogens (tertiary/aromatic N) is 2. The third-order valence-electron chi connectivity index (χ3n) is 4.52. The Morgan fingerprint density at radius 3 is 2.54 bits per heavy atom. The van der Waals surface area contributed by atoms with E-state index in [-0.39, 0.29) is 12.0 Å². The van der Waals surface area contributed by atoms with E-state index in [0.29, 0.717) is 37.7 Å². The van der Waals surface area contributed by atoms with E-state index in [4.69, 9.17) is 4.74 Å². The van der Waals surface area contributed by atoms with Gasteiger partial charge in [0.2, 0.25) is 10.0 Å². The summed E-state index contributed by atoms with van der Waals surface area (Å²) in [5.41, 5.74) is 0.878. The van der Waals surface area contributed by atoms with Crippen molar-refractivity contribution in [1.82, 2.24) is 9.21 Å². The van der Waals surface area contributed by atoms with Gasteiger partial charge in [-0.1, -0.05) is 15.9 Å². The molecule has 0 radical (unpaired) electrons. The first-order valence-corrected chi connectivity index (χ1v) is 10.3. The summed E-state index contributed by atoms with van der Waals surface area (Å²) in [5, 5.41) is 0. The average molecular weight is 417 g/mol. The van der Waals surface area contributed by atoms with Gasteiger partial charge >= 0.3 is 0 Å². The summed E-state index contributed by atoms with van der Waals surface area (Å²) in [6.07, 6.45) is 1.32. The summed E-state index contributed by atoms with van der Waals surface area (Å²) in [6, 6.07) is 5.03. The van der Waals surface area contributed by atoms with E-state index in [0.717, 1.165) is 22.9 Å². The van der Waals surface area contributed by atoms with Gasteiger partial charge in [-0.25, -0.2) is 8.42 Å². The number of sulfonamides is 1. The predicted molar refractivity (Wildman–Crippen MR) is 93.2 cm³/mol. The van der Waals surface area contributed by atoms with Gasteiger partial charge in [0.05, 0.1) is 4.90 Å². The molecule has 0 aromatic heterocycles. The van der Waals surface area contributed by atoms with Crippen LogP contribution in [0.15, 0.2) is 27.6 Å². The fourth-order valence-corrected chi connectivity index (χ4v) is 4.81. The molecular formula is C16H21BrN2O4S. The predicted octanol–water partition coefficient (Wildman–Crippen LogP) is 1.77. The van der Waals surface area contributed by atoms with Crippen LogP contribution in [-0.4, -0.2) is 62.4 Å². The van der Waals surface area contributed by atoms with Crippen LogP contribution in [-0.2, 0) is 19.6 Å². The fraction of sp³-hybridized carbons (Fsp3) is 0.562. The van der Waals surface area contributed by atoms with Crippen LogP contribution >= 0.6 is 15.9 Å². The molecule has 0 saturated carbocycles. The van der Waals surface area contributed by atoms with Crippen LogP contribution in [0, 0.1) is 6.92 Å². The zero-order valence-electron chi connectivity index (χ0n) is 13.6. The van der Waals surface area contributed by atoms with Crippen molar-refractivity contribution in [3.05, 3.63) is 28.2 Å². The summed E-state index contributed by atoms with van der Waals surface area (Å²) in [4.78, 5) is 14.3. The van der Waals surface area contributed by atoms with Gasteiger partial charge in [-0.2, -0.15) is 4.31 Å². The molecule has 2 fully saturated rings. The zero-order valence-corrected chi connectivity index (χ0v) is 16.0. The molecule has 0 aliphatic carbocycles. The van der Waals surface area contributed by atoms with E-state index in [1.165, 1.54) is 4.31 Å². The highest BCUT2D eigenvalue weighted by Gasteiger charge is 2.34. The molecule has 1 aromatic rings. The van der Waals surface area contributed by atoms with Crippen molar-refractivity contribution in [2.45, 2.75) is 30.8 Å². The van der Waals surface area contributed by atoms with Crippen molar-refractivity contribution < 1.29 is 17.9 Å². The zero-order chi connectivity index (χ0) is 17.3. The minimum Gasteiger partial charge on any atom is -0.368 e. The number of carbonyl (C=O) groups excluding carboxylic acids is 1. The molecule has 1 unspecified atom stereocenters. The highest BCUT2D eigenvalue weighted by molar-refractivity contribution is 9.10. The van der Waals surface area contributed by atoms with Gasteiger partial charge < -0.3 is 9.64 Å². The Labute approximate surface area is 150 Å². The van der Waals surface area contributed by atoms with Gasteiger partial charge in [0.15, 0.2) is 0 Å². The van der Waals surface area contributed by atoms with E-state index in [1.807, 2.05) is 6.92 Å². The third-order valence-corrected chi connectivity index (χ3v) is 7.31. The highest BCUT2D eigenvalue weighted by atomic mass is 79.9. The minimum atomic E-state index is -3.53. The molecule has 0 spiro atoms. The molecular weight excluding hydrogens is 396 g/mol. The topological polar surface area (TPSA) is 66.9 Å². The Bertz CT molecular complexity index is 724. The smallest absolute Gasteiger partial charge is 0.251 e. The standard InChI is InChI=1S/C16H21BrN2O4S/c1-12-11-13(4-5-14(12)17)24(21,22)19-8-6-18(7-9-19)16(20)15-3-2-10-23-15/h4-5,11,15H,2-3,6-10H2,1H3. The summed E-state index contributed by atoms with van der Waals surface area (Å²) in [5.74, 6) is -0.0102. The highest BCUT2D eigenvalue weighted by Crippen LogP contribution is 2.24. The first-order chi connectivity index (χ1) is 11.4. The van der Waals surface area contributed by atoms with Gasteiger partial charge in [-0.15, -0.1) is 0 Å². The number of halogens is 1. The van der Waals surface area contributed by atoms with Gasteiger partial charge in [-0.05, 0) is 43.5 Å². The number of ether oxygens (including phenoxy) is 1. The van der Waals surface area contributed by atoms with Crippen molar-refractivity contribution in [2.75, 3.05) is 32.8 Å². The van der Waals surface area contributed by atoms with Gasteiger partial charge in [-0.3, -0.25) is 4.79 Å². The summed E-state index contributed by atoms with van der Waals surface area (Å²) in [7, 11) is -3.53. The van der Waals surface area contributed by atoms with Crippen LogP contribution in [0.1, 0.15) is 18.4 Å². The lowest BCUT2D eigenvalue weighted by molar-refractivity contribution is -0.142.